The smallest absolute Gasteiger partial charge is 0.145 e. The highest BCUT2D eigenvalue weighted by Crippen LogP contribution is 2.24. The summed E-state index contributed by atoms with van der Waals surface area (Å²) in [4.78, 5) is 4.74. The minimum absolute atomic E-state index is 0.412. The van der Waals surface area contributed by atoms with Crippen LogP contribution in [0.4, 0.5) is 0 Å². The fourth-order valence-corrected chi connectivity index (χ4v) is 1.53. The molecule has 0 fully saturated rings. The maximum Gasteiger partial charge on any atom is 0.145 e. The molecule has 0 unspecified atom stereocenters. The maximum absolute atomic E-state index is 5.75. The molecule has 0 aromatic carbocycles. The molecule has 0 radical (unpaired) electrons. The number of pyridine rings is 1. The van der Waals surface area contributed by atoms with Gasteiger partial charge in [0.2, 0.25) is 0 Å². The molecule has 2 nitrogen and oxygen atoms in total. The molecule has 1 heterocycles. The van der Waals surface area contributed by atoms with Crippen LogP contribution in [0.2, 0.25) is 10.3 Å². The molecule has 0 atom stereocenters. The van der Waals surface area contributed by atoms with Crippen molar-refractivity contribution in [3.63, 3.8) is 0 Å². The molecule has 1 N–H and O–H groups in total. The molecular formula is C6H6Cl2N2S. The summed E-state index contributed by atoms with van der Waals surface area (Å²) in [7, 11) is 1.82. The first-order valence-electron chi connectivity index (χ1n) is 2.89. The van der Waals surface area contributed by atoms with E-state index in [2.05, 4.69) is 9.71 Å². The first kappa shape index (κ1) is 9.13. The number of nitrogens with zero attached hydrogens (tertiary/aromatic N) is 1. The molecule has 60 valence electrons. The number of nitrogens with one attached hydrogen (secondary N) is 1. The van der Waals surface area contributed by atoms with E-state index in [1.165, 1.54) is 11.9 Å². The van der Waals surface area contributed by atoms with Crippen molar-refractivity contribution in [1.82, 2.24) is 9.71 Å². The predicted molar refractivity (Wildman–Crippen MR) is 49.2 cm³/mol. The summed E-state index contributed by atoms with van der Waals surface area (Å²) in [6.07, 6.45) is 0. The van der Waals surface area contributed by atoms with Gasteiger partial charge in [-0.15, -0.1) is 0 Å². The van der Waals surface area contributed by atoms with Crippen molar-refractivity contribution in [2.75, 3.05) is 7.05 Å². The average Bonchev–Trinajstić information content (AvgIpc) is 1.95. The molecule has 5 heteroatoms. The highest BCUT2D eigenvalue weighted by atomic mass is 35.5. The predicted octanol–water partition coefficient (Wildman–Crippen LogP) is 2.61. The Balaban J connectivity index is 2.90. The molecule has 0 aliphatic heterocycles. The summed E-state index contributed by atoms with van der Waals surface area (Å²) in [5.41, 5.74) is 0. The van der Waals surface area contributed by atoms with Gasteiger partial charge in [-0.1, -0.05) is 23.2 Å². The lowest BCUT2D eigenvalue weighted by atomic mass is 10.5. The second kappa shape index (κ2) is 4.16. The van der Waals surface area contributed by atoms with Crippen LogP contribution < -0.4 is 4.72 Å². The van der Waals surface area contributed by atoms with Gasteiger partial charge >= 0.3 is 0 Å². The molecule has 0 saturated carbocycles. The first-order valence-corrected chi connectivity index (χ1v) is 4.47. The Morgan fingerprint density at radius 2 is 2.18 bits per heavy atom. The van der Waals surface area contributed by atoms with Gasteiger partial charge in [0.1, 0.15) is 10.3 Å². The van der Waals surface area contributed by atoms with E-state index in [-0.39, 0.29) is 0 Å². The van der Waals surface area contributed by atoms with Crippen LogP contribution in [0.25, 0.3) is 0 Å². The van der Waals surface area contributed by atoms with Gasteiger partial charge < -0.3 is 0 Å². The average molecular weight is 209 g/mol. The fraction of sp³-hybridized carbons (Fsp3) is 0.167. The van der Waals surface area contributed by atoms with Crippen LogP contribution in [0, 0.1) is 0 Å². The summed E-state index contributed by atoms with van der Waals surface area (Å²) in [6, 6.07) is 3.52. The van der Waals surface area contributed by atoms with Crippen molar-refractivity contribution in [3.05, 3.63) is 22.4 Å². The Hall–Kier alpha value is 0.0400. The van der Waals surface area contributed by atoms with Crippen molar-refractivity contribution in [2.45, 2.75) is 4.90 Å². The van der Waals surface area contributed by atoms with E-state index in [0.717, 1.165) is 4.90 Å². The second-order valence-corrected chi connectivity index (χ2v) is 3.53. The Morgan fingerprint density at radius 3 is 2.73 bits per heavy atom. The largest absolute Gasteiger partial charge is 0.263 e. The second-order valence-electron chi connectivity index (χ2n) is 1.73. The van der Waals surface area contributed by atoms with E-state index < -0.39 is 0 Å². The van der Waals surface area contributed by atoms with Crippen molar-refractivity contribution in [3.8, 4) is 0 Å². The Labute approximate surface area is 79.4 Å². The number of halogens is 2. The van der Waals surface area contributed by atoms with E-state index in [4.69, 9.17) is 23.2 Å². The molecule has 11 heavy (non-hydrogen) atoms. The van der Waals surface area contributed by atoms with Crippen molar-refractivity contribution in [2.24, 2.45) is 0 Å². The molecular weight excluding hydrogens is 203 g/mol. The quantitative estimate of drug-likeness (QED) is 0.598. The zero-order chi connectivity index (χ0) is 8.27. The number of aromatic nitrogens is 1. The summed E-state index contributed by atoms with van der Waals surface area (Å²) in [5.74, 6) is 0. The van der Waals surface area contributed by atoms with Crippen molar-refractivity contribution in [1.29, 1.82) is 0 Å². The van der Waals surface area contributed by atoms with Crippen LogP contribution in [-0.4, -0.2) is 12.0 Å². The van der Waals surface area contributed by atoms with Gasteiger partial charge in [0.25, 0.3) is 0 Å². The lowest BCUT2D eigenvalue weighted by molar-refractivity contribution is 1.21. The first-order chi connectivity index (χ1) is 5.24. The third-order valence-corrected chi connectivity index (χ3v) is 2.36. The van der Waals surface area contributed by atoms with Gasteiger partial charge in [-0.3, -0.25) is 4.72 Å². The van der Waals surface area contributed by atoms with E-state index in [1.807, 2.05) is 13.1 Å². The van der Waals surface area contributed by atoms with Crippen LogP contribution in [0.15, 0.2) is 17.0 Å². The monoisotopic (exact) mass is 208 g/mol. The summed E-state index contributed by atoms with van der Waals surface area (Å²) in [6.45, 7) is 0. The molecule has 0 saturated heterocycles. The third-order valence-electron chi connectivity index (χ3n) is 0.993. The number of hydrogen-bond acceptors (Lipinski definition) is 3. The van der Waals surface area contributed by atoms with Crippen LogP contribution in [0.3, 0.4) is 0 Å². The summed E-state index contributed by atoms with van der Waals surface area (Å²) >= 11 is 12.8. The van der Waals surface area contributed by atoms with Gasteiger partial charge in [0.05, 0.1) is 4.90 Å². The SMILES string of the molecule is CNSc1ccc(Cl)nc1Cl. The minimum Gasteiger partial charge on any atom is -0.263 e. The molecule has 0 spiro atoms. The highest BCUT2D eigenvalue weighted by Gasteiger charge is 2.01. The van der Waals surface area contributed by atoms with Gasteiger partial charge in [0, 0.05) is 0 Å². The van der Waals surface area contributed by atoms with Crippen molar-refractivity contribution < 1.29 is 0 Å². The van der Waals surface area contributed by atoms with E-state index in [1.54, 1.807) is 6.07 Å². The fourth-order valence-electron chi connectivity index (χ4n) is 0.585. The highest BCUT2D eigenvalue weighted by molar-refractivity contribution is 7.97. The Bertz CT molecular complexity index is 254. The van der Waals surface area contributed by atoms with Gasteiger partial charge in [-0.25, -0.2) is 4.98 Å². The molecule has 1 aromatic heterocycles. The molecule has 0 amide bonds. The van der Waals surface area contributed by atoms with Gasteiger partial charge in [-0.05, 0) is 31.1 Å². The van der Waals surface area contributed by atoms with Gasteiger partial charge in [0.15, 0.2) is 0 Å². The zero-order valence-electron chi connectivity index (χ0n) is 5.77. The summed E-state index contributed by atoms with van der Waals surface area (Å²) in [5, 5.41) is 0.840. The van der Waals surface area contributed by atoms with E-state index >= 15 is 0 Å². The maximum atomic E-state index is 5.75. The van der Waals surface area contributed by atoms with Crippen LogP contribution in [0.1, 0.15) is 0 Å². The molecule has 0 aliphatic rings. The molecule has 1 aromatic rings. The standard InChI is InChI=1S/C6H6Cl2N2S/c1-9-11-4-2-3-5(7)10-6(4)8/h2-3,9H,1H3. The normalized spacial score (nSPS) is 10.1. The number of hydrogen-bond donors (Lipinski definition) is 1. The lowest BCUT2D eigenvalue weighted by Gasteiger charge is -2.00. The van der Waals surface area contributed by atoms with Crippen LogP contribution in [0.5, 0.6) is 0 Å². The zero-order valence-corrected chi connectivity index (χ0v) is 8.09. The van der Waals surface area contributed by atoms with E-state index in [9.17, 15) is 0 Å². The molecule has 0 bridgehead atoms. The Morgan fingerprint density at radius 1 is 1.45 bits per heavy atom. The van der Waals surface area contributed by atoms with Gasteiger partial charge in [-0.2, -0.15) is 0 Å². The van der Waals surface area contributed by atoms with Crippen LogP contribution in [-0.2, 0) is 0 Å². The molecule has 1 rings (SSSR count). The summed E-state index contributed by atoms with van der Waals surface area (Å²) < 4.78 is 2.89. The van der Waals surface area contributed by atoms with Crippen LogP contribution >= 0.6 is 35.1 Å². The number of rotatable bonds is 2. The van der Waals surface area contributed by atoms with E-state index in [0.29, 0.717) is 10.3 Å². The van der Waals surface area contributed by atoms with Crippen molar-refractivity contribution >= 4 is 35.1 Å². The lowest BCUT2D eigenvalue weighted by Crippen LogP contribution is -1.92. The molecule has 0 aliphatic carbocycles. The third kappa shape index (κ3) is 2.52. The minimum atomic E-state index is 0.412. The Kier molecular flexibility index (Phi) is 3.45. The topological polar surface area (TPSA) is 24.9 Å².